The van der Waals surface area contributed by atoms with Gasteiger partial charge in [0.1, 0.15) is 7.85 Å². The molecule has 1 aromatic rings. The Kier molecular flexibility index (Phi) is 3.15. The lowest BCUT2D eigenvalue weighted by Gasteiger charge is -2.38. The largest absolute Gasteiger partial charge is 0.312 e. The van der Waals surface area contributed by atoms with E-state index in [1.807, 2.05) is 6.07 Å². The maximum atomic E-state index is 13.0. The number of nitrogens with one attached hydrogen (secondary N) is 2. The third-order valence-electron chi connectivity index (χ3n) is 4.91. The molecule has 8 heteroatoms. The monoisotopic (exact) mass is 323 g/mol. The summed E-state index contributed by atoms with van der Waals surface area (Å²) in [6.45, 7) is 1.35. The van der Waals surface area contributed by atoms with Crippen LogP contribution in [0, 0.1) is 0 Å². The molecule has 2 radical (unpaired) electrons. The summed E-state index contributed by atoms with van der Waals surface area (Å²) in [6.07, 6.45) is 0.540. The van der Waals surface area contributed by atoms with E-state index in [0.717, 1.165) is 16.0 Å². The molecule has 0 spiro atoms. The predicted octanol–water partition coefficient (Wildman–Crippen LogP) is -0.770. The molecule has 1 unspecified atom stereocenters. The number of imide groups is 2. The van der Waals surface area contributed by atoms with Gasteiger partial charge < -0.3 is 5.32 Å². The fraction of sp³-hybridized carbons (Fsp3) is 0.375. The van der Waals surface area contributed by atoms with Crippen molar-refractivity contribution in [2.45, 2.75) is 31.2 Å². The molecule has 0 saturated carbocycles. The summed E-state index contributed by atoms with van der Waals surface area (Å²) in [7, 11) is 6.11. The first kappa shape index (κ1) is 15.1. The first-order valence-electron chi connectivity index (χ1n) is 7.81. The van der Waals surface area contributed by atoms with Crippen molar-refractivity contribution >= 4 is 31.5 Å². The molecule has 3 heterocycles. The van der Waals surface area contributed by atoms with Gasteiger partial charge >= 0.3 is 0 Å². The summed E-state index contributed by atoms with van der Waals surface area (Å²) in [5.74, 6) is -2.41. The van der Waals surface area contributed by atoms with Gasteiger partial charge in [-0.3, -0.25) is 29.4 Å². The molecule has 1 saturated heterocycles. The van der Waals surface area contributed by atoms with Crippen LogP contribution in [0.2, 0.25) is 0 Å². The quantitative estimate of drug-likeness (QED) is 0.523. The van der Waals surface area contributed by atoms with Gasteiger partial charge in [0.05, 0.1) is 16.6 Å². The Morgan fingerprint density at radius 3 is 2.62 bits per heavy atom. The topological polar surface area (TPSA) is 95.6 Å². The van der Waals surface area contributed by atoms with Gasteiger partial charge in [0.25, 0.3) is 11.8 Å². The number of rotatable bonds is 1. The van der Waals surface area contributed by atoms with Crippen LogP contribution in [-0.2, 0) is 22.6 Å². The average molecular weight is 323 g/mol. The summed E-state index contributed by atoms with van der Waals surface area (Å²) in [5.41, 5.74) is 0.588. The summed E-state index contributed by atoms with van der Waals surface area (Å²) >= 11 is 0. The molecule has 3 aliphatic rings. The molecule has 1 atom stereocenters. The van der Waals surface area contributed by atoms with Crippen molar-refractivity contribution in [3.05, 3.63) is 34.4 Å². The minimum atomic E-state index is -1.83. The van der Waals surface area contributed by atoms with E-state index in [-0.39, 0.29) is 18.4 Å². The molecular formula is C16H14BN3O4. The number of hydrogen-bond acceptors (Lipinski definition) is 5. The van der Waals surface area contributed by atoms with Gasteiger partial charge in [-0.25, -0.2) is 0 Å². The van der Waals surface area contributed by atoms with E-state index in [0.29, 0.717) is 25.1 Å². The van der Waals surface area contributed by atoms with Crippen LogP contribution in [0.15, 0.2) is 12.1 Å². The first-order valence-corrected chi connectivity index (χ1v) is 7.81. The van der Waals surface area contributed by atoms with E-state index < -0.39 is 29.1 Å². The van der Waals surface area contributed by atoms with Crippen molar-refractivity contribution in [3.63, 3.8) is 0 Å². The summed E-state index contributed by atoms with van der Waals surface area (Å²) in [5, 5.41) is 5.33. The first-order chi connectivity index (χ1) is 11.4. The van der Waals surface area contributed by atoms with Crippen LogP contribution in [0.4, 0.5) is 0 Å². The lowest BCUT2D eigenvalue weighted by atomic mass is 9.70. The average Bonchev–Trinajstić information content (AvgIpc) is 2.83. The Morgan fingerprint density at radius 2 is 1.88 bits per heavy atom. The lowest BCUT2D eigenvalue weighted by Crippen LogP contribution is -2.65. The van der Waals surface area contributed by atoms with E-state index >= 15 is 0 Å². The molecule has 4 amide bonds. The maximum absolute atomic E-state index is 13.0. The van der Waals surface area contributed by atoms with Crippen molar-refractivity contribution < 1.29 is 19.2 Å². The van der Waals surface area contributed by atoms with Gasteiger partial charge in [-0.15, -0.1) is 0 Å². The fourth-order valence-corrected chi connectivity index (χ4v) is 3.62. The molecule has 0 aliphatic carbocycles. The van der Waals surface area contributed by atoms with Crippen LogP contribution >= 0.6 is 0 Å². The number of amides is 4. The molecule has 0 aromatic heterocycles. The minimum Gasteiger partial charge on any atom is -0.312 e. The van der Waals surface area contributed by atoms with Gasteiger partial charge in [-0.05, 0) is 36.6 Å². The number of piperidine rings is 1. The van der Waals surface area contributed by atoms with Crippen molar-refractivity contribution in [2.24, 2.45) is 0 Å². The highest BCUT2D eigenvalue weighted by Gasteiger charge is 2.52. The van der Waals surface area contributed by atoms with Crippen LogP contribution in [0.3, 0.4) is 0 Å². The molecule has 24 heavy (non-hydrogen) atoms. The van der Waals surface area contributed by atoms with Crippen LogP contribution in [0.25, 0.3) is 0 Å². The standard InChI is InChI=1S/C16H14BN3O4/c17-16(5-3-11(21)19-15(16)24)20-13(22)10-2-1-8-7-18-6-4-9(8)12(10)14(20)23/h1-2,18H,3-7H2,(H,19,21,24). The number of carbonyl (C=O) groups is 4. The van der Waals surface area contributed by atoms with Gasteiger partial charge in [0, 0.05) is 13.0 Å². The predicted molar refractivity (Wildman–Crippen MR) is 83.2 cm³/mol. The molecule has 7 nitrogen and oxygen atoms in total. The minimum absolute atomic E-state index is 0.0162. The smallest absolute Gasteiger partial charge is 0.262 e. The summed E-state index contributed by atoms with van der Waals surface area (Å²) in [4.78, 5) is 50.1. The molecule has 3 aliphatic heterocycles. The fourth-order valence-electron chi connectivity index (χ4n) is 3.62. The molecular weight excluding hydrogens is 309 g/mol. The van der Waals surface area contributed by atoms with E-state index in [9.17, 15) is 19.2 Å². The molecule has 2 N–H and O–H groups in total. The Morgan fingerprint density at radius 1 is 1.08 bits per heavy atom. The van der Waals surface area contributed by atoms with Crippen LogP contribution in [-0.4, -0.2) is 48.4 Å². The number of nitrogens with zero attached hydrogens (tertiary/aromatic N) is 1. The zero-order chi connectivity index (χ0) is 17.1. The van der Waals surface area contributed by atoms with E-state index in [1.165, 1.54) is 0 Å². The number of hydrogen-bond donors (Lipinski definition) is 2. The Balaban J connectivity index is 1.80. The Hall–Kier alpha value is -2.48. The second kappa shape index (κ2) is 5.01. The van der Waals surface area contributed by atoms with Crippen molar-refractivity contribution in [1.82, 2.24) is 15.5 Å². The zero-order valence-corrected chi connectivity index (χ0v) is 12.8. The zero-order valence-electron chi connectivity index (χ0n) is 12.8. The lowest BCUT2D eigenvalue weighted by molar-refractivity contribution is -0.138. The molecule has 0 bridgehead atoms. The van der Waals surface area contributed by atoms with Crippen molar-refractivity contribution in [2.75, 3.05) is 6.54 Å². The molecule has 4 rings (SSSR count). The van der Waals surface area contributed by atoms with Crippen molar-refractivity contribution in [3.8, 4) is 0 Å². The highest BCUT2D eigenvalue weighted by atomic mass is 16.2. The SMILES string of the molecule is [B]C1(N2C(=O)c3ccc4c(c3C2=O)CCNC4)CCC(=O)NC1=O. The molecule has 120 valence electrons. The Labute approximate surface area is 139 Å². The highest BCUT2D eigenvalue weighted by Crippen LogP contribution is 2.35. The Bertz CT molecular complexity index is 822. The molecule has 1 aromatic carbocycles. The third kappa shape index (κ3) is 1.89. The maximum Gasteiger partial charge on any atom is 0.262 e. The van der Waals surface area contributed by atoms with Gasteiger partial charge in [-0.1, -0.05) is 6.07 Å². The van der Waals surface area contributed by atoms with E-state index in [4.69, 9.17) is 7.85 Å². The number of fused-ring (bicyclic) bond motifs is 3. The summed E-state index contributed by atoms with van der Waals surface area (Å²) < 4.78 is 0. The van der Waals surface area contributed by atoms with Crippen LogP contribution in [0.1, 0.15) is 44.7 Å². The van der Waals surface area contributed by atoms with Gasteiger partial charge in [0.15, 0.2) is 0 Å². The normalized spacial score (nSPS) is 26.2. The second-order valence-corrected chi connectivity index (χ2v) is 6.30. The van der Waals surface area contributed by atoms with Gasteiger partial charge in [-0.2, -0.15) is 0 Å². The van der Waals surface area contributed by atoms with Gasteiger partial charge in [0.2, 0.25) is 11.8 Å². The number of carbonyl (C=O) groups excluding carboxylic acids is 4. The van der Waals surface area contributed by atoms with Crippen LogP contribution in [0.5, 0.6) is 0 Å². The highest BCUT2D eigenvalue weighted by molar-refractivity contribution is 6.37. The summed E-state index contributed by atoms with van der Waals surface area (Å²) in [6, 6.07) is 3.43. The second-order valence-electron chi connectivity index (χ2n) is 6.30. The van der Waals surface area contributed by atoms with E-state index in [2.05, 4.69) is 10.6 Å². The third-order valence-corrected chi connectivity index (χ3v) is 4.91. The molecule has 1 fully saturated rings. The van der Waals surface area contributed by atoms with Crippen LogP contribution < -0.4 is 10.6 Å². The van der Waals surface area contributed by atoms with Crippen molar-refractivity contribution in [1.29, 1.82) is 0 Å². The van der Waals surface area contributed by atoms with E-state index in [1.54, 1.807) is 6.07 Å². The number of benzene rings is 1.